The van der Waals surface area contributed by atoms with Crippen molar-refractivity contribution in [3.05, 3.63) is 54.4 Å². The number of piperazine rings is 1. The first kappa shape index (κ1) is 23.6. The third kappa shape index (κ3) is 4.79. The van der Waals surface area contributed by atoms with Gasteiger partial charge in [-0.15, -0.1) is 10.2 Å². The number of nitrogens with two attached hydrogens (primary N) is 2. The Morgan fingerprint density at radius 1 is 0.919 bits per heavy atom. The first-order valence-corrected chi connectivity index (χ1v) is 13.2. The highest BCUT2D eigenvalue weighted by Gasteiger charge is 2.40. The predicted molar refractivity (Wildman–Crippen MR) is 146 cm³/mol. The van der Waals surface area contributed by atoms with Crippen LogP contribution in [0.5, 0.6) is 5.75 Å². The highest BCUT2D eigenvalue weighted by molar-refractivity contribution is 5.74. The van der Waals surface area contributed by atoms with E-state index in [4.69, 9.17) is 11.5 Å². The van der Waals surface area contributed by atoms with E-state index in [0.29, 0.717) is 41.1 Å². The lowest BCUT2D eigenvalue weighted by Crippen LogP contribution is -2.54. The fourth-order valence-electron chi connectivity index (χ4n) is 6.08. The summed E-state index contributed by atoms with van der Waals surface area (Å²) in [6, 6.07) is 14.4. The standard InChI is InChI=1S/C29H33N7O/c30-20-8-5-19(6-9-20)7-10-21-15-22(13-14-32-21)36-23-11-12-24(36)18-35(17-23)27-16-26(33-34-29(27)31)25-3-1-2-4-28(25)37/h1-4,13-16,19-20,23-24,37H,5-6,8-9,11-12,17-18,30H2,(H2,31,34)/t19?,20?,23-,24-/m1/s1. The van der Waals surface area contributed by atoms with Crippen LogP contribution in [0.2, 0.25) is 0 Å². The molecule has 2 atom stereocenters. The molecule has 1 saturated carbocycles. The summed E-state index contributed by atoms with van der Waals surface area (Å²) in [6.45, 7) is 1.69. The summed E-state index contributed by atoms with van der Waals surface area (Å²) in [5, 5.41) is 18.8. The van der Waals surface area contributed by atoms with E-state index in [1.54, 1.807) is 12.1 Å². The van der Waals surface area contributed by atoms with Crippen LogP contribution in [-0.4, -0.2) is 51.5 Å². The van der Waals surface area contributed by atoms with Crippen molar-refractivity contribution in [1.29, 1.82) is 0 Å². The molecule has 2 aromatic heterocycles. The van der Waals surface area contributed by atoms with Gasteiger partial charge in [-0.25, -0.2) is 4.98 Å². The number of rotatable bonds is 3. The lowest BCUT2D eigenvalue weighted by molar-refractivity contribution is 0.384. The van der Waals surface area contributed by atoms with Crippen LogP contribution in [0, 0.1) is 17.8 Å². The van der Waals surface area contributed by atoms with Gasteiger partial charge in [0.05, 0.1) is 11.4 Å². The fraction of sp³-hybridized carbons (Fsp3) is 0.414. The van der Waals surface area contributed by atoms with E-state index >= 15 is 0 Å². The van der Waals surface area contributed by atoms with Crippen molar-refractivity contribution >= 4 is 17.2 Å². The largest absolute Gasteiger partial charge is 0.507 e. The molecule has 2 aliphatic heterocycles. The van der Waals surface area contributed by atoms with Crippen LogP contribution < -0.4 is 21.3 Å². The zero-order chi connectivity index (χ0) is 25.4. The molecule has 8 heteroatoms. The highest BCUT2D eigenvalue weighted by Crippen LogP contribution is 2.39. The molecule has 3 aromatic rings. The maximum Gasteiger partial charge on any atom is 0.169 e. The Hall–Kier alpha value is -3.83. The Balaban J connectivity index is 1.20. The van der Waals surface area contributed by atoms with Gasteiger partial charge in [0.1, 0.15) is 11.4 Å². The monoisotopic (exact) mass is 495 g/mol. The molecule has 2 bridgehead atoms. The zero-order valence-corrected chi connectivity index (χ0v) is 20.9. The molecule has 2 saturated heterocycles. The van der Waals surface area contributed by atoms with Crippen LogP contribution in [0.15, 0.2) is 48.7 Å². The van der Waals surface area contributed by atoms with Crippen molar-refractivity contribution in [2.75, 3.05) is 28.6 Å². The summed E-state index contributed by atoms with van der Waals surface area (Å²) in [5.41, 5.74) is 16.5. The number of pyridine rings is 1. The van der Waals surface area contributed by atoms with Crippen molar-refractivity contribution in [3.63, 3.8) is 0 Å². The van der Waals surface area contributed by atoms with Crippen molar-refractivity contribution in [1.82, 2.24) is 15.2 Å². The van der Waals surface area contributed by atoms with Crippen molar-refractivity contribution in [2.24, 2.45) is 11.7 Å². The smallest absolute Gasteiger partial charge is 0.169 e. The second-order valence-corrected chi connectivity index (χ2v) is 10.5. The number of nitrogens with zero attached hydrogens (tertiary/aromatic N) is 5. The number of nitrogen functional groups attached to an aromatic ring is 1. The molecule has 1 aromatic carbocycles. The second kappa shape index (κ2) is 9.91. The number of hydrogen-bond donors (Lipinski definition) is 3. The van der Waals surface area contributed by atoms with Crippen LogP contribution in [0.1, 0.15) is 44.2 Å². The number of para-hydroxylation sites is 1. The molecule has 3 aliphatic rings. The number of hydrogen-bond acceptors (Lipinski definition) is 8. The number of aromatic hydroxyl groups is 1. The van der Waals surface area contributed by atoms with Crippen LogP contribution in [0.3, 0.4) is 0 Å². The fourth-order valence-corrected chi connectivity index (χ4v) is 6.08. The average molecular weight is 496 g/mol. The normalized spacial score (nSPS) is 25.0. The van der Waals surface area contributed by atoms with E-state index in [1.165, 1.54) is 5.69 Å². The molecular weight excluding hydrogens is 462 g/mol. The van der Waals surface area contributed by atoms with E-state index in [9.17, 15) is 5.11 Å². The molecule has 0 amide bonds. The molecule has 0 unspecified atom stereocenters. The van der Waals surface area contributed by atoms with Crippen LogP contribution in [0.4, 0.5) is 17.2 Å². The topological polar surface area (TPSA) is 117 Å². The second-order valence-electron chi connectivity index (χ2n) is 10.5. The van der Waals surface area contributed by atoms with Crippen LogP contribution >= 0.6 is 0 Å². The average Bonchev–Trinajstić information content (AvgIpc) is 3.18. The Kier molecular flexibility index (Phi) is 6.31. The van der Waals surface area contributed by atoms with E-state index in [-0.39, 0.29) is 5.75 Å². The maximum absolute atomic E-state index is 10.3. The summed E-state index contributed by atoms with van der Waals surface area (Å²) in [7, 11) is 0. The van der Waals surface area contributed by atoms with Gasteiger partial charge in [-0.2, -0.15) is 0 Å². The van der Waals surface area contributed by atoms with Gasteiger partial charge >= 0.3 is 0 Å². The molecule has 4 heterocycles. The van der Waals surface area contributed by atoms with Gasteiger partial charge < -0.3 is 26.4 Å². The van der Waals surface area contributed by atoms with Gasteiger partial charge in [0.25, 0.3) is 0 Å². The minimum absolute atomic E-state index is 0.182. The van der Waals surface area contributed by atoms with Gasteiger partial charge in [0, 0.05) is 54.6 Å². The first-order chi connectivity index (χ1) is 18.0. The number of phenols is 1. The molecule has 37 heavy (non-hydrogen) atoms. The van der Waals surface area contributed by atoms with E-state index in [1.807, 2.05) is 24.4 Å². The third-order valence-corrected chi connectivity index (χ3v) is 8.02. The van der Waals surface area contributed by atoms with E-state index in [0.717, 1.165) is 63.0 Å². The predicted octanol–water partition coefficient (Wildman–Crippen LogP) is 3.55. The van der Waals surface area contributed by atoms with Gasteiger partial charge in [0.2, 0.25) is 0 Å². The Morgan fingerprint density at radius 2 is 1.68 bits per heavy atom. The minimum Gasteiger partial charge on any atom is -0.507 e. The van der Waals surface area contributed by atoms with Gasteiger partial charge in [-0.3, -0.25) is 0 Å². The zero-order valence-electron chi connectivity index (χ0n) is 20.9. The number of phenolic OH excluding ortho intramolecular Hbond substituents is 1. The van der Waals surface area contributed by atoms with Crippen molar-refractivity contribution < 1.29 is 5.11 Å². The van der Waals surface area contributed by atoms with E-state index < -0.39 is 0 Å². The lowest BCUT2D eigenvalue weighted by Gasteiger charge is -2.43. The Labute approximate surface area is 217 Å². The van der Waals surface area contributed by atoms with E-state index in [2.05, 4.69) is 49.0 Å². The highest BCUT2D eigenvalue weighted by atomic mass is 16.3. The third-order valence-electron chi connectivity index (χ3n) is 8.02. The Bertz CT molecular complexity index is 1330. The molecular formula is C29H33N7O. The molecule has 190 valence electrons. The number of anilines is 3. The van der Waals surface area contributed by atoms with Crippen LogP contribution in [0.25, 0.3) is 11.3 Å². The van der Waals surface area contributed by atoms with Crippen molar-refractivity contribution in [2.45, 2.75) is 56.7 Å². The van der Waals surface area contributed by atoms with Gasteiger partial charge in [0.15, 0.2) is 5.82 Å². The molecule has 5 N–H and O–H groups in total. The SMILES string of the molecule is Nc1nnc(-c2ccccc2O)cc1N1C[C@H]2CC[C@H](C1)N2c1ccnc(C#CC2CCC(N)CC2)c1. The molecule has 0 radical (unpaired) electrons. The maximum atomic E-state index is 10.3. The lowest BCUT2D eigenvalue weighted by atomic mass is 9.87. The molecule has 1 aliphatic carbocycles. The van der Waals surface area contributed by atoms with Gasteiger partial charge in [-0.05, 0) is 74.8 Å². The summed E-state index contributed by atoms with van der Waals surface area (Å²) in [6.07, 6.45) is 8.41. The number of aromatic nitrogens is 3. The summed E-state index contributed by atoms with van der Waals surface area (Å²) < 4.78 is 0. The molecule has 0 spiro atoms. The minimum atomic E-state index is 0.182. The number of benzene rings is 1. The quantitative estimate of drug-likeness (QED) is 0.472. The Morgan fingerprint density at radius 3 is 2.43 bits per heavy atom. The summed E-state index contributed by atoms with van der Waals surface area (Å²) in [5.74, 6) is 7.80. The molecule has 8 nitrogen and oxygen atoms in total. The molecule has 3 fully saturated rings. The first-order valence-electron chi connectivity index (χ1n) is 13.2. The van der Waals surface area contributed by atoms with Crippen LogP contribution in [-0.2, 0) is 0 Å². The van der Waals surface area contributed by atoms with Crippen molar-refractivity contribution in [3.8, 4) is 28.8 Å². The number of fused-ring (bicyclic) bond motifs is 2. The summed E-state index contributed by atoms with van der Waals surface area (Å²) in [4.78, 5) is 9.40. The summed E-state index contributed by atoms with van der Waals surface area (Å²) >= 11 is 0. The van der Waals surface area contributed by atoms with Gasteiger partial charge in [-0.1, -0.05) is 18.1 Å². The molecule has 6 rings (SSSR count).